The molecule has 148 valence electrons. The molecule has 2 aromatic rings. The number of benzene rings is 2. The number of ether oxygens (including phenoxy) is 1. The van der Waals surface area contributed by atoms with Gasteiger partial charge in [-0.1, -0.05) is 11.6 Å². The molecule has 28 heavy (non-hydrogen) atoms. The van der Waals surface area contributed by atoms with Crippen molar-refractivity contribution in [3.05, 3.63) is 62.7 Å². The predicted molar refractivity (Wildman–Crippen MR) is 105 cm³/mol. The van der Waals surface area contributed by atoms with E-state index in [1.807, 2.05) is 0 Å². The lowest BCUT2D eigenvalue weighted by Gasteiger charge is -2.19. The fraction of sp³-hybridized carbons (Fsp3) is 0.222. The number of nitro groups is 1. The summed E-state index contributed by atoms with van der Waals surface area (Å²) in [5, 5.41) is 23.0. The molecule has 0 heterocycles. The molecule has 2 N–H and O–H groups in total. The number of hydrogen-bond acceptors (Lipinski definition) is 6. The lowest BCUT2D eigenvalue weighted by atomic mass is 10.0. The van der Waals surface area contributed by atoms with Gasteiger partial charge in [-0.3, -0.25) is 19.7 Å². The van der Waals surface area contributed by atoms with Crippen LogP contribution in [0, 0.1) is 10.1 Å². The minimum atomic E-state index is -1.19. The summed E-state index contributed by atoms with van der Waals surface area (Å²) >= 11 is 7.45. The molecule has 0 unspecified atom stereocenters. The van der Waals surface area contributed by atoms with E-state index in [0.29, 0.717) is 16.2 Å². The molecule has 1 amide bonds. The lowest BCUT2D eigenvalue weighted by Crippen LogP contribution is -2.30. The second-order valence-electron chi connectivity index (χ2n) is 5.65. The number of carbonyl (C=O) groups is 2. The van der Waals surface area contributed by atoms with Crippen molar-refractivity contribution in [1.82, 2.24) is 5.32 Å². The second-order valence-corrected chi connectivity index (χ2v) is 6.91. The number of nitrogens with zero attached hydrogens (tertiary/aromatic N) is 1. The highest BCUT2D eigenvalue weighted by Gasteiger charge is 2.24. The number of nitrogens with one attached hydrogen (secondary N) is 1. The van der Waals surface area contributed by atoms with E-state index in [4.69, 9.17) is 16.3 Å². The number of methoxy groups -OCH3 is 1. The summed E-state index contributed by atoms with van der Waals surface area (Å²) in [6.45, 7) is 0. The fourth-order valence-corrected chi connectivity index (χ4v) is 3.41. The third kappa shape index (κ3) is 5.14. The van der Waals surface area contributed by atoms with E-state index < -0.39 is 29.3 Å². The summed E-state index contributed by atoms with van der Waals surface area (Å²) in [5.41, 5.74) is 0.231. The Kier molecular flexibility index (Phi) is 7.24. The highest BCUT2D eigenvalue weighted by Crippen LogP contribution is 2.31. The van der Waals surface area contributed by atoms with Gasteiger partial charge in [-0.05, 0) is 30.5 Å². The summed E-state index contributed by atoms with van der Waals surface area (Å²) in [6, 6.07) is 7.49. The van der Waals surface area contributed by atoms with Gasteiger partial charge in [0.25, 0.3) is 11.6 Å². The molecule has 0 saturated carbocycles. The van der Waals surface area contributed by atoms with Crippen molar-refractivity contribution in [2.24, 2.45) is 0 Å². The fourth-order valence-electron chi connectivity index (χ4n) is 2.55. The predicted octanol–water partition coefficient (Wildman–Crippen LogP) is 3.92. The number of carbonyl (C=O) groups excluding carboxylic acids is 1. The maximum atomic E-state index is 12.8. The monoisotopic (exact) mass is 424 g/mol. The number of thioether (sulfide) groups is 1. The van der Waals surface area contributed by atoms with Crippen molar-refractivity contribution in [2.45, 2.75) is 17.4 Å². The molecule has 2 rings (SSSR count). The van der Waals surface area contributed by atoms with Gasteiger partial charge in [-0.25, -0.2) is 0 Å². The smallest absolute Gasteiger partial charge is 0.305 e. The van der Waals surface area contributed by atoms with E-state index >= 15 is 0 Å². The zero-order chi connectivity index (χ0) is 20.8. The van der Waals surface area contributed by atoms with Gasteiger partial charge in [0, 0.05) is 27.6 Å². The Morgan fingerprint density at radius 3 is 2.61 bits per heavy atom. The largest absolute Gasteiger partial charge is 0.497 e. The van der Waals surface area contributed by atoms with Crippen molar-refractivity contribution in [3.8, 4) is 5.75 Å². The number of nitro benzene ring substituents is 1. The number of carboxylic acids is 1. The van der Waals surface area contributed by atoms with E-state index in [-0.39, 0.29) is 16.3 Å². The quantitative estimate of drug-likeness (QED) is 0.374. The third-order valence-corrected chi connectivity index (χ3v) is 5.03. The first-order chi connectivity index (χ1) is 13.3. The van der Waals surface area contributed by atoms with E-state index in [2.05, 4.69) is 5.32 Å². The number of non-ortho nitro benzene ring substituents is 1. The molecular weight excluding hydrogens is 408 g/mol. The van der Waals surface area contributed by atoms with Crippen LogP contribution < -0.4 is 10.1 Å². The molecule has 0 saturated heterocycles. The molecule has 10 heteroatoms. The first kappa shape index (κ1) is 21.5. The second kappa shape index (κ2) is 9.43. The summed E-state index contributed by atoms with van der Waals surface area (Å²) in [7, 11) is 1.51. The normalized spacial score (nSPS) is 11.5. The van der Waals surface area contributed by atoms with Crippen LogP contribution in [0.4, 0.5) is 5.69 Å². The Balaban J connectivity index is 2.40. The van der Waals surface area contributed by atoms with Crippen LogP contribution in [0.3, 0.4) is 0 Å². The number of carboxylic acid groups (broad SMARTS) is 1. The number of amides is 1. The van der Waals surface area contributed by atoms with Crippen molar-refractivity contribution >= 4 is 40.9 Å². The summed E-state index contributed by atoms with van der Waals surface area (Å²) in [5.74, 6) is -1.14. The zero-order valence-electron chi connectivity index (χ0n) is 15.0. The van der Waals surface area contributed by atoms with Crippen LogP contribution in [0.1, 0.15) is 28.4 Å². The maximum absolute atomic E-state index is 12.8. The van der Waals surface area contributed by atoms with Gasteiger partial charge in [0.05, 0.1) is 30.1 Å². The lowest BCUT2D eigenvalue weighted by molar-refractivity contribution is -0.384. The van der Waals surface area contributed by atoms with Crippen LogP contribution in [-0.2, 0) is 4.79 Å². The zero-order valence-corrected chi connectivity index (χ0v) is 16.5. The highest BCUT2D eigenvalue weighted by molar-refractivity contribution is 7.98. The Hall–Kier alpha value is -2.78. The molecule has 0 spiro atoms. The average Bonchev–Trinajstić information content (AvgIpc) is 2.66. The molecule has 1 atom stereocenters. The molecule has 0 fully saturated rings. The summed E-state index contributed by atoms with van der Waals surface area (Å²) < 4.78 is 5.14. The molecular formula is C18H17ClN2O6S. The summed E-state index contributed by atoms with van der Waals surface area (Å²) in [6.07, 6.45) is 1.30. The van der Waals surface area contributed by atoms with E-state index in [0.717, 1.165) is 0 Å². The number of halogens is 1. The van der Waals surface area contributed by atoms with Gasteiger partial charge >= 0.3 is 5.97 Å². The van der Waals surface area contributed by atoms with Crippen LogP contribution in [0.5, 0.6) is 5.75 Å². The first-order valence-electron chi connectivity index (χ1n) is 7.95. The molecule has 0 aliphatic carbocycles. The van der Waals surface area contributed by atoms with Gasteiger partial charge in [-0.2, -0.15) is 0 Å². The molecule has 0 radical (unpaired) electrons. The van der Waals surface area contributed by atoms with Crippen LogP contribution in [0.2, 0.25) is 5.02 Å². The van der Waals surface area contributed by atoms with E-state index in [1.165, 1.54) is 37.1 Å². The number of hydrogen-bond donors (Lipinski definition) is 2. The van der Waals surface area contributed by atoms with Crippen molar-refractivity contribution in [1.29, 1.82) is 0 Å². The van der Waals surface area contributed by atoms with E-state index in [9.17, 15) is 24.8 Å². The minimum absolute atomic E-state index is 0.122. The van der Waals surface area contributed by atoms with Gasteiger partial charge in [0.15, 0.2) is 0 Å². The first-order valence-corrected chi connectivity index (χ1v) is 9.55. The SMILES string of the molecule is COc1ccc(C(=O)N[C@@H](CC(=O)O)c2cc([N+](=O)[O-])ccc2Cl)c(SC)c1. The molecule has 0 aliphatic heterocycles. The number of rotatable bonds is 8. The maximum Gasteiger partial charge on any atom is 0.305 e. The Bertz CT molecular complexity index is 921. The molecule has 0 bridgehead atoms. The van der Waals surface area contributed by atoms with Crippen LogP contribution in [0.15, 0.2) is 41.3 Å². The Morgan fingerprint density at radius 2 is 2.04 bits per heavy atom. The highest BCUT2D eigenvalue weighted by atomic mass is 35.5. The molecule has 8 nitrogen and oxygen atoms in total. The minimum Gasteiger partial charge on any atom is -0.497 e. The van der Waals surface area contributed by atoms with Crippen molar-refractivity contribution < 1.29 is 24.4 Å². The van der Waals surface area contributed by atoms with Gasteiger partial charge in [-0.15, -0.1) is 11.8 Å². The van der Waals surface area contributed by atoms with Crippen LogP contribution in [-0.4, -0.2) is 35.3 Å². The molecule has 0 aliphatic rings. The molecule has 2 aromatic carbocycles. The standard InChI is InChI=1S/C18H17ClN2O6S/c1-27-11-4-5-12(16(8-11)28-2)18(24)20-15(9-17(22)23)13-7-10(21(25)26)3-6-14(13)19/h3-8,15H,9H2,1-2H3,(H,20,24)(H,22,23)/t15-/m0/s1. The summed E-state index contributed by atoms with van der Waals surface area (Å²) in [4.78, 5) is 35.1. The van der Waals surface area contributed by atoms with Crippen LogP contribution >= 0.6 is 23.4 Å². The Morgan fingerprint density at radius 1 is 1.32 bits per heavy atom. The van der Waals surface area contributed by atoms with Gasteiger partial charge < -0.3 is 15.2 Å². The molecule has 0 aromatic heterocycles. The van der Waals surface area contributed by atoms with Crippen molar-refractivity contribution in [2.75, 3.05) is 13.4 Å². The van der Waals surface area contributed by atoms with Gasteiger partial charge in [0.1, 0.15) is 5.75 Å². The van der Waals surface area contributed by atoms with E-state index in [1.54, 1.807) is 24.5 Å². The Labute approximate surface area is 170 Å². The third-order valence-electron chi connectivity index (χ3n) is 3.90. The van der Waals surface area contributed by atoms with Crippen LogP contribution in [0.25, 0.3) is 0 Å². The average molecular weight is 425 g/mol. The topological polar surface area (TPSA) is 119 Å². The van der Waals surface area contributed by atoms with Crippen molar-refractivity contribution in [3.63, 3.8) is 0 Å². The number of aliphatic carboxylic acids is 1. The van der Waals surface area contributed by atoms with Gasteiger partial charge in [0.2, 0.25) is 0 Å².